The Balaban J connectivity index is 1.16. The zero-order valence-electron chi connectivity index (χ0n) is 19.5. The lowest BCUT2D eigenvalue weighted by Crippen LogP contribution is -2.43. The van der Waals surface area contributed by atoms with E-state index in [1.165, 1.54) is 5.56 Å². The number of β-amino-alcohol motifs (C(OH)–C–C–N with tert-alkyl or cyclic N) is 1. The van der Waals surface area contributed by atoms with Crippen molar-refractivity contribution in [2.75, 3.05) is 26.7 Å². The molecule has 0 aliphatic carbocycles. The van der Waals surface area contributed by atoms with Gasteiger partial charge in [-0.2, -0.15) is 0 Å². The van der Waals surface area contributed by atoms with Crippen molar-refractivity contribution in [3.63, 3.8) is 0 Å². The predicted octanol–water partition coefficient (Wildman–Crippen LogP) is 4.35. The van der Waals surface area contributed by atoms with Gasteiger partial charge in [-0.1, -0.05) is 6.07 Å². The normalized spacial score (nSPS) is 16.3. The fourth-order valence-corrected chi connectivity index (χ4v) is 4.97. The Labute approximate surface area is 204 Å². The van der Waals surface area contributed by atoms with Crippen LogP contribution in [-0.2, 0) is 13.6 Å². The van der Waals surface area contributed by atoms with Crippen LogP contribution in [0.15, 0.2) is 53.1 Å². The van der Waals surface area contributed by atoms with Gasteiger partial charge in [0.2, 0.25) is 0 Å². The number of piperidine rings is 1. The van der Waals surface area contributed by atoms with E-state index in [9.17, 15) is 5.11 Å². The number of hydrogen-bond donors (Lipinski definition) is 2. The van der Waals surface area contributed by atoms with Gasteiger partial charge in [0.1, 0.15) is 5.75 Å². The lowest BCUT2D eigenvalue weighted by atomic mass is 10.0. The van der Waals surface area contributed by atoms with E-state index in [1.54, 1.807) is 13.3 Å². The summed E-state index contributed by atoms with van der Waals surface area (Å²) in [5.41, 5.74) is 4.80. The molecule has 0 spiro atoms. The maximum Gasteiger partial charge on any atom is 0.269 e. The summed E-state index contributed by atoms with van der Waals surface area (Å²) < 4.78 is 12.9. The van der Waals surface area contributed by atoms with Crippen molar-refractivity contribution in [2.24, 2.45) is 7.05 Å². The van der Waals surface area contributed by atoms with Crippen molar-refractivity contribution in [3.8, 4) is 5.75 Å². The summed E-state index contributed by atoms with van der Waals surface area (Å²) in [4.78, 5) is 7.26. The number of nitrogens with zero attached hydrogens (tertiary/aromatic N) is 3. The molecule has 0 bridgehead atoms. The minimum Gasteiger partial charge on any atom is -0.497 e. The van der Waals surface area contributed by atoms with Gasteiger partial charge in [-0.3, -0.25) is 4.98 Å². The van der Waals surface area contributed by atoms with Gasteiger partial charge in [-0.25, -0.2) is 0 Å². The van der Waals surface area contributed by atoms with Crippen LogP contribution in [0.3, 0.4) is 0 Å². The number of oxazole rings is 1. The molecule has 1 atom stereocenters. The van der Waals surface area contributed by atoms with Crippen LogP contribution in [0.1, 0.15) is 30.1 Å². The number of rotatable bonds is 7. The number of aliphatic hydroxyl groups is 1. The summed E-state index contributed by atoms with van der Waals surface area (Å²) in [7, 11) is 3.57. The Morgan fingerprint density at radius 3 is 2.82 bits per heavy atom. The second-order valence-electron chi connectivity index (χ2n) is 8.98. The molecule has 1 fully saturated rings. The van der Waals surface area contributed by atoms with Gasteiger partial charge in [-0.15, -0.1) is 0 Å². The number of aryl methyl sites for hydroxylation is 1. The van der Waals surface area contributed by atoms with Crippen molar-refractivity contribution in [1.82, 2.24) is 19.8 Å². The third-order valence-corrected chi connectivity index (χ3v) is 7.17. The minimum absolute atomic E-state index is 0.456. The maximum absolute atomic E-state index is 11.0. The van der Waals surface area contributed by atoms with E-state index in [1.807, 2.05) is 35.9 Å². The average molecular weight is 479 g/mol. The summed E-state index contributed by atoms with van der Waals surface area (Å²) >= 11 is 5.22. The molecule has 2 aromatic carbocycles. The van der Waals surface area contributed by atoms with E-state index in [0.29, 0.717) is 17.4 Å². The van der Waals surface area contributed by atoms with Crippen molar-refractivity contribution in [3.05, 3.63) is 64.6 Å². The van der Waals surface area contributed by atoms with Gasteiger partial charge in [0, 0.05) is 37.8 Å². The Morgan fingerprint density at radius 2 is 2.03 bits per heavy atom. The lowest BCUT2D eigenvalue weighted by molar-refractivity contribution is 0.0949. The zero-order chi connectivity index (χ0) is 23.7. The van der Waals surface area contributed by atoms with Crippen LogP contribution in [0, 0.1) is 4.84 Å². The van der Waals surface area contributed by atoms with Crippen molar-refractivity contribution in [2.45, 2.75) is 31.5 Å². The van der Waals surface area contributed by atoms with Crippen molar-refractivity contribution >= 4 is 34.2 Å². The molecule has 1 aliphatic rings. The molecule has 7 nitrogen and oxygen atoms in total. The summed E-state index contributed by atoms with van der Waals surface area (Å²) in [6.45, 7) is 3.31. The molecule has 0 amide bonds. The molecule has 0 radical (unpaired) electrons. The first-order valence-corrected chi connectivity index (χ1v) is 12.1. The molecule has 34 heavy (non-hydrogen) atoms. The number of pyridine rings is 1. The van der Waals surface area contributed by atoms with Crippen LogP contribution >= 0.6 is 12.2 Å². The monoisotopic (exact) mass is 478 g/mol. The number of methoxy groups -OCH3 is 1. The third kappa shape index (κ3) is 4.72. The van der Waals surface area contributed by atoms with Crippen molar-refractivity contribution in [1.29, 1.82) is 0 Å². The molecule has 3 heterocycles. The molecule has 8 heteroatoms. The molecular formula is C26H30N4O3S. The van der Waals surface area contributed by atoms with Gasteiger partial charge in [-0.05, 0) is 85.7 Å². The average Bonchev–Trinajstić information content (AvgIpc) is 3.15. The van der Waals surface area contributed by atoms with Crippen LogP contribution < -0.4 is 10.1 Å². The molecule has 5 rings (SSSR count). The number of ether oxygens (including phenoxy) is 1. The van der Waals surface area contributed by atoms with Gasteiger partial charge in [0.25, 0.3) is 4.84 Å². The van der Waals surface area contributed by atoms with Crippen molar-refractivity contribution < 1.29 is 14.3 Å². The topological polar surface area (TPSA) is 75.7 Å². The van der Waals surface area contributed by atoms with Gasteiger partial charge in [0.05, 0.1) is 24.2 Å². The summed E-state index contributed by atoms with van der Waals surface area (Å²) in [6.07, 6.45) is 3.29. The summed E-state index contributed by atoms with van der Waals surface area (Å²) in [5.74, 6) is 0.769. The standard InChI is InChI=1S/C26H30N4O3S/c1-29-23-6-3-17(13-25(23)33-26(29)34)15-28-18-8-11-30(12-9-18)16-24(31)20-7-10-27-22-5-4-19(32-2)14-21(20)22/h3-7,10,13-14,18,24,28,31H,8-9,11-12,15-16H2,1-2H3/t24-/m1/s1. The molecule has 1 saturated heterocycles. The highest BCUT2D eigenvalue weighted by Gasteiger charge is 2.22. The highest BCUT2D eigenvalue weighted by molar-refractivity contribution is 7.71. The number of likely N-dealkylation sites (tertiary alicyclic amines) is 1. The van der Waals surface area contributed by atoms with Gasteiger partial charge < -0.3 is 29.0 Å². The van der Waals surface area contributed by atoms with Crippen LogP contribution in [0.4, 0.5) is 0 Å². The minimum atomic E-state index is -0.572. The number of hydrogen-bond acceptors (Lipinski definition) is 7. The molecule has 1 aliphatic heterocycles. The Bertz CT molecular complexity index is 1360. The van der Waals surface area contributed by atoms with E-state index >= 15 is 0 Å². The quantitative estimate of drug-likeness (QED) is 0.383. The van der Waals surface area contributed by atoms with Gasteiger partial charge in [0.15, 0.2) is 5.58 Å². The number of nitrogens with one attached hydrogen (secondary N) is 1. The molecule has 2 N–H and O–H groups in total. The van der Waals surface area contributed by atoms with Crippen LogP contribution in [-0.4, -0.2) is 52.3 Å². The van der Waals surface area contributed by atoms with E-state index in [-0.39, 0.29) is 0 Å². The molecule has 178 valence electrons. The largest absolute Gasteiger partial charge is 0.497 e. The van der Waals surface area contributed by atoms with Crippen LogP contribution in [0.25, 0.3) is 22.0 Å². The predicted molar refractivity (Wildman–Crippen MR) is 136 cm³/mol. The second-order valence-corrected chi connectivity index (χ2v) is 9.33. The van der Waals surface area contributed by atoms with Gasteiger partial charge >= 0.3 is 0 Å². The number of aromatic nitrogens is 2. The Kier molecular flexibility index (Phi) is 6.65. The number of fused-ring (bicyclic) bond motifs is 2. The fraction of sp³-hybridized carbons (Fsp3) is 0.385. The SMILES string of the molecule is COc1ccc2nccc([C@H](O)CN3CCC(NCc4ccc5c(c4)oc(=S)n5C)CC3)c2c1. The first-order chi connectivity index (χ1) is 16.5. The Hall–Kier alpha value is -2.78. The molecular weight excluding hydrogens is 448 g/mol. The van der Waals surface area contributed by atoms with E-state index in [4.69, 9.17) is 21.4 Å². The highest BCUT2D eigenvalue weighted by Crippen LogP contribution is 2.28. The van der Waals surface area contributed by atoms with Crippen LogP contribution in [0.5, 0.6) is 5.75 Å². The third-order valence-electron chi connectivity index (χ3n) is 6.81. The summed E-state index contributed by atoms with van der Waals surface area (Å²) in [6, 6.07) is 14.4. The first kappa shape index (κ1) is 23.0. The van der Waals surface area contributed by atoms with E-state index < -0.39 is 6.10 Å². The molecule has 0 saturated carbocycles. The fourth-order valence-electron chi connectivity index (χ4n) is 4.78. The second kappa shape index (κ2) is 9.84. The number of benzene rings is 2. The van der Waals surface area contributed by atoms with E-state index in [0.717, 1.165) is 65.8 Å². The van der Waals surface area contributed by atoms with E-state index in [2.05, 4.69) is 33.4 Å². The lowest BCUT2D eigenvalue weighted by Gasteiger charge is -2.33. The summed E-state index contributed by atoms with van der Waals surface area (Å²) in [5, 5.41) is 15.6. The molecule has 2 aromatic heterocycles. The number of aliphatic hydroxyl groups excluding tert-OH is 1. The zero-order valence-corrected chi connectivity index (χ0v) is 20.3. The Morgan fingerprint density at radius 1 is 1.21 bits per heavy atom. The molecule has 0 unspecified atom stereocenters. The first-order valence-electron chi connectivity index (χ1n) is 11.7. The van der Waals surface area contributed by atoms with Crippen LogP contribution in [0.2, 0.25) is 0 Å². The highest BCUT2D eigenvalue weighted by atomic mass is 32.1. The maximum atomic E-state index is 11.0. The molecule has 4 aromatic rings. The smallest absolute Gasteiger partial charge is 0.269 e.